The van der Waals surface area contributed by atoms with Crippen LogP contribution in [0, 0.1) is 0 Å². The summed E-state index contributed by atoms with van der Waals surface area (Å²) in [5.41, 5.74) is 0.734. The molecule has 3 rings (SSSR count). The van der Waals surface area contributed by atoms with Crippen molar-refractivity contribution in [2.24, 2.45) is 0 Å². The summed E-state index contributed by atoms with van der Waals surface area (Å²) in [5.74, 6) is 0. The molecule has 0 aromatic heterocycles. The van der Waals surface area contributed by atoms with E-state index in [0.717, 1.165) is 12.6 Å². The van der Waals surface area contributed by atoms with Crippen LogP contribution in [0.2, 0.25) is 0 Å². The van der Waals surface area contributed by atoms with Crippen LogP contribution in [-0.4, -0.2) is 23.8 Å². The summed E-state index contributed by atoms with van der Waals surface area (Å²) in [6.07, 6.45) is 12.0. The van der Waals surface area contributed by atoms with E-state index in [-0.39, 0.29) is 5.60 Å². The van der Waals surface area contributed by atoms with Gasteiger partial charge < -0.3 is 10.1 Å². The first-order valence-corrected chi connectivity index (χ1v) is 7.12. The third-order valence-electron chi connectivity index (χ3n) is 5.02. The minimum atomic E-state index is 0.274. The average molecular weight is 223 g/mol. The first kappa shape index (κ1) is 11.0. The van der Waals surface area contributed by atoms with E-state index in [1.54, 1.807) is 0 Å². The number of hydrogen-bond donors (Lipinski definition) is 1. The van der Waals surface area contributed by atoms with Gasteiger partial charge >= 0.3 is 0 Å². The summed E-state index contributed by atoms with van der Waals surface area (Å²) in [7, 11) is 0. The largest absolute Gasteiger partial charge is 0.375 e. The van der Waals surface area contributed by atoms with Crippen molar-refractivity contribution in [1.29, 1.82) is 0 Å². The zero-order valence-electron chi connectivity index (χ0n) is 10.6. The van der Waals surface area contributed by atoms with E-state index in [9.17, 15) is 0 Å². The molecule has 1 heterocycles. The summed E-state index contributed by atoms with van der Waals surface area (Å²) in [6.45, 7) is 3.38. The standard InChI is InChI=1S/C14H25NO/c1-13(6-4-7-13)15-12-5-10-16-14(11-12)8-2-3-9-14/h12,15H,2-11H2,1H3. The molecule has 16 heavy (non-hydrogen) atoms. The Morgan fingerprint density at radius 2 is 1.81 bits per heavy atom. The summed E-state index contributed by atoms with van der Waals surface area (Å²) in [4.78, 5) is 0. The first-order valence-electron chi connectivity index (χ1n) is 7.12. The van der Waals surface area contributed by atoms with Crippen LogP contribution in [0.25, 0.3) is 0 Å². The van der Waals surface area contributed by atoms with Crippen molar-refractivity contribution in [3.8, 4) is 0 Å². The Hall–Kier alpha value is -0.0800. The smallest absolute Gasteiger partial charge is 0.0697 e. The average Bonchev–Trinajstić information content (AvgIpc) is 2.64. The Balaban J connectivity index is 1.59. The summed E-state index contributed by atoms with van der Waals surface area (Å²) < 4.78 is 6.08. The van der Waals surface area contributed by atoms with Gasteiger partial charge in [-0.3, -0.25) is 0 Å². The molecule has 0 amide bonds. The number of rotatable bonds is 2. The van der Waals surface area contributed by atoms with Crippen LogP contribution in [0.4, 0.5) is 0 Å². The Labute approximate surface area is 99.1 Å². The van der Waals surface area contributed by atoms with Crippen molar-refractivity contribution in [2.75, 3.05) is 6.61 Å². The third-order valence-corrected chi connectivity index (χ3v) is 5.02. The molecule has 0 aromatic rings. The van der Waals surface area contributed by atoms with Crippen molar-refractivity contribution < 1.29 is 4.74 Å². The van der Waals surface area contributed by atoms with Gasteiger partial charge in [-0.25, -0.2) is 0 Å². The Kier molecular flexibility index (Phi) is 2.75. The van der Waals surface area contributed by atoms with Crippen molar-refractivity contribution in [3.05, 3.63) is 0 Å². The lowest BCUT2D eigenvalue weighted by atomic mass is 9.77. The van der Waals surface area contributed by atoms with Gasteiger partial charge in [-0.15, -0.1) is 0 Å². The van der Waals surface area contributed by atoms with E-state index in [2.05, 4.69) is 12.2 Å². The lowest BCUT2D eigenvalue weighted by Gasteiger charge is -2.46. The minimum absolute atomic E-state index is 0.274. The lowest BCUT2D eigenvalue weighted by molar-refractivity contribution is -0.0884. The number of nitrogens with one attached hydrogen (secondary N) is 1. The van der Waals surface area contributed by atoms with E-state index >= 15 is 0 Å². The van der Waals surface area contributed by atoms with E-state index < -0.39 is 0 Å². The van der Waals surface area contributed by atoms with Gasteiger partial charge in [0, 0.05) is 18.2 Å². The second-order valence-corrected chi connectivity index (χ2v) is 6.49. The maximum atomic E-state index is 6.08. The van der Waals surface area contributed by atoms with Gasteiger partial charge in [0.25, 0.3) is 0 Å². The molecule has 0 radical (unpaired) electrons. The Bertz CT molecular complexity index is 253. The topological polar surface area (TPSA) is 21.3 Å². The zero-order chi connectivity index (χ0) is 11.1. The Morgan fingerprint density at radius 1 is 1.06 bits per heavy atom. The van der Waals surface area contributed by atoms with Crippen LogP contribution in [-0.2, 0) is 4.74 Å². The fourth-order valence-electron chi connectivity index (χ4n) is 3.86. The fourth-order valence-corrected chi connectivity index (χ4v) is 3.86. The molecular formula is C14H25NO. The van der Waals surface area contributed by atoms with Crippen molar-refractivity contribution in [1.82, 2.24) is 5.32 Å². The first-order chi connectivity index (χ1) is 7.70. The number of hydrogen-bond acceptors (Lipinski definition) is 2. The highest BCUT2D eigenvalue weighted by Crippen LogP contribution is 2.41. The highest BCUT2D eigenvalue weighted by atomic mass is 16.5. The molecule has 1 unspecified atom stereocenters. The van der Waals surface area contributed by atoms with E-state index in [1.165, 1.54) is 57.8 Å². The van der Waals surface area contributed by atoms with Crippen LogP contribution in [0.1, 0.15) is 64.7 Å². The van der Waals surface area contributed by atoms with Crippen LogP contribution in [0.5, 0.6) is 0 Å². The summed E-state index contributed by atoms with van der Waals surface area (Å²) >= 11 is 0. The second kappa shape index (κ2) is 3.99. The molecule has 2 aliphatic carbocycles. The SMILES string of the molecule is CC1(NC2CCOC3(CCCC3)C2)CCC1. The fraction of sp³-hybridized carbons (Fsp3) is 1.00. The molecule has 2 saturated carbocycles. The molecule has 1 atom stereocenters. The highest BCUT2D eigenvalue weighted by Gasteiger charge is 2.42. The summed E-state index contributed by atoms with van der Waals surface area (Å²) in [6, 6.07) is 0.720. The van der Waals surface area contributed by atoms with Crippen molar-refractivity contribution in [3.63, 3.8) is 0 Å². The van der Waals surface area contributed by atoms with Gasteiger partial charge in [0.2, 0.25) is 0 Å². The third kappa shape index (κ3) is 2.02. The second-order valence-electron chi connectivity index (χ2n) is 6.49. The molecule has 0 aromatic carbocycles. The molecule has 1 N–H and O–H groups in total. The maximum absolute atomic E-state index is 6.08. The van der Waals surface area contributed by atoms with Crippen LogP contribution < -0.4 is 5.32 Å². The maximum Gasteiger partial charge on any atom is 0.0697 e. The quantitative estimate of drug-likeness (QED) is 0.777. The van der Waals surface area contributed by atoms with Gasteiger partial charge in [-0.2, -0.15) is 0 Å². The van der Waals surface area contributed by atoms with Crippen LogP contribution >= 0.6 is 0 Å². The highest BCUT2D eigenvalue weighted by molar-refractivity contribution is 4.99. The van der Waals surface area contributed by atoms with Gasteiger partial charge in [-0.1, -0.05) is 12.8 Å². The summed E-state index contributed by atoms with van der Waals surface area (Å²) in [5, 5.41) is 3.90. The normalized spacial score (nSPS) is 36.2. The predicted molar refractivity (Wildman–Crippen MR) is 65.6 cm³/mol. The Morgan fingerprint density at radius 3 is 2.44 bits per heavy atom. The molecule has 3 fully saturated rings. The van der Waals surface area contributed by atoms with Gasteiger partial charge in [-0.05, 0) is 51.9 Å². The number of ether oxygens (including phenoxy) is 1. The molecule has 92 valence electrons. The van der Waals surface area contributed by atoms with Crippen molar-refractivity contribution in [2.45, 2.75) is 81.9 Å². The van der Waals surface area contributed by atoms with E-state index in [0.29, 0.717) is 5.54 Å². The van der Waals surface area contributed by atoms with Crippen molar-refractivity contribution >= 4 is 0 Å². The van der Waals surface area contributed by atoms with Crippen LogP contribution in [0.3, 0.4) is 0 Å². The predicted octanol–water partition coefficient (Wildman–Crippen LogP) is 3.01. The molecule has 1 aliphatic heterocycles. The zero-order valence-corrected chi connectivity index (χ0v) is 10.6. The molecular weight excluding hydrogens is 198 g/mol. The van der Waals surface area contributed by atoms with Gasteiger partial charge in [0.05, 0.1) is 5.60 Å². The molecule has 1 saturated heterocycles. The van der Waals surface area contributed by atoms with Crippen LogP contribution in [0.15, 0.2) is 0 Å². The molecule has 2 heteroatoms. The minimum Gasteiger partial charge on any atom is -0.375 e. The molecule has 2 nitrogen and oxygen atoms in total. The molecule has 0 bridgehead atoms. The monoisotopic (exact) mass is 223 g/mol. The molecule has 3 aliphatic rings. The lowest BCUT2D eigenvalue weighted by Crippen LogP contribution is -2.56. The van der Waals surface area contributed by atoms with E-state index in [1.807, 2.05) is 0 Å². The van der Waals surface area contributed by atoms with Gasteiger partial charge in [0.15, 0.2) is 0 Å². The van der Waals surface area contributed by atoms with E-state index in [4.69, 9.17) is 4.74 Å². The van der Waals surface area contributed by atoms with Gasteiger partial charge in [0.1, 0.15) is 0 Å². The molecule has 1 spiro atoms.